The molecule has 1 aliphatic heterocycles. The summed E-state index contributed by atoms with van der Waals surface area (Å²) < 4.78 is 1.72. The molecule has 3 amide bonds. The monoisotopic (exact) mass is 403 g/mol. The number of imide groups is 1. The third-order valence-electron chi connectivity index (χ3n) is 5.11. The van der Waals surface area contributed by atoms with E-state index in [0.29, 0.717) is 23.1 Å². The van der Waals surface area contributed by atoms with E-state index in [-0.39, 0.29) is 11.7 Å². The minimum absolute atomic E-state index is 0.0551. The van der Waals surface area contributed by atoms with Gasteiger partial charge in [-0.1, -0.05) is 30.3 Å². The molecule has 1 unspecified atom stereocenters. The van der Waals surface area contributed by atoms with E-state index in [1.165, 1.54) is 0 Å². The van der Waals surface area contributed by atoms with Crippen LogP contribution in [0.3, 0.4) is 0 Å². The quantitative estimate of drug-likeness (QED) is 0.372. The van der Waals surface area contributed by atoms with E-state index in [2.05, 4.69) is 45.4 Å². The number of hydrogen-bond donors (Lipinski definition) is 4. The van der Waals surface area contributed by atoms with Gasteiger partial charge in [0.05, 0.1) is 6.20 Å². The SMILES string of the molecule is CC(Nc1cc(NC2CC2)n2ncc(/C=C3\NC(=O)NC3=O)c2n1)c1ccccc1. The van der Waals surface area contributed by atoms with Crippen molar-refractivity contribution in [3.05, 3.63) is 59.4 Å². The standard InChI is InChI=1S/C21H21N7O2/c1-12(13-5-3-2-4-6-13)23-17-10-18(24-15-7-8-15)28-19(26-17)14(11-22-28)9-16-20(29)27-21(30)25-16/h2-6,9-12,15,24H,7-8H2,1H3,(H,23,26)(H2,25,27,29,30)/b16-9-. The third-order valence-corrected chi connectivity index (χ3v) is 5.11. The van der Waals surface area contributed by atoms with E-state index in [1.54, 1.807) is 16.8 Å². The lowest BCUT2D eigenvalue weighted by molar-refractivity contribution is -0.115. The topological polar surface area (TPSA) is 112 Å². The molecule has 0 bridgehead atoms. The van der Waals surface area contributed by atoms with Crippen molar-refractivity contribution < 1.29 is 9.59 Å². The van der Waals surface area contributed by atoms with Crippen LogP contribution >= 0.6 is 0 Å². The fourth-order valence-electron chi connectivity index (χ4n) is 3.38. The Kier molecular flexibility index (Phi) is 4.35. The largest absolute Gasteiger partial charge is 0.367 e. The number of fused-ring (bicyclic) bond motifs is 1. The fourth-order valence-corrected chi connectivity index (χ4v) is 3.38. The van der Waals surface area contributed by atoms with Gasteiger partial charge in [0.2, 0.25) is 0 Å². The average molecular weight is 403 g/mol. The van der Waals surface area contributed by atoms with Crippen molar-refractivity contribution in [3.8, 4) is 0 Å². The van der Waals surface area contributed by atoms with Crippen LogP contribution in [0.25, 0.3) is 11.7 Å². The molecule has 9 heteroatoms. The van der Waals surface area contributed by atoms with Gasteiger partial charge in [0.25, 0.3) is 5.91 Å². The predicted octanol–water partition coefficient (Wildman–Crippen LogP) is 2.66. The van der Waals surface area contributed by atoms with Gasteiger partial charge in [-0.3, -0.25) is 10.1 Å². The maximum atomic E-state index is 11.9. The van der Waals surface area contributed by atoms with Gasteiger partial charge in [0.1, 0.15) is 17.3 Å². The van der Waals surface area contributed by atoms with Crippen molar-refractivity contribution >= 4 is 35.3 Å². The smallest absolute Gasteiger partial charge is 0.326 e. The number of amides is 3. The molecule has 9 nitrogen and oxygen atoms in total. The molecule has 0 radical (unpaired) electrons. The Bertz CT molecular complexity index is 1160. The molecule has 1 aliphatic carbocycles. The lowest BCUT2D eigenvalue weighted by atomic mass is 10.1. The van der Waals surface area contributed by atoms with Crippen LogP contribution in [0.1, 0.15) is 36.9 Å². The molecule has 1 saturated heterocycles. The molecule has 5 rings (SSSR count). The second kappa shape index (κ2) is 7.18. The zero-order valence-corrected chi connectivity index (χ0v) is 16.3. The summed E-state index contributed by atoms with van der Waals surface area (Å²) in [5.41, 5.74) is 2.54. The number of carbonyl (C=O) groups is 2. The number of carbonyl (C=O) groups excluding carboxylic acids is 2. The van der Waals surface area contributed by atoms with Gasteiger partial charge in [-0.05, 0) is 31.4 Å². The van der Waals surface area contributed by atoms with E-state index in [4.69, 9.17) is 4.98 Å². The summed E-state index contributed by atoms with van der Waals surface area (Å²) in [6, 6.07) is 12.0. The van der Waals surface area contributed by atoms with E-state index >= 15 is 0 Å². The number of rotatable bonds is 6. The Hall–Kier alpha value is -3.88. The first-order valence-electron chi connectivity index (χ1n) is 9.87. The lowest BCUT2D eigenvalue weighted by Gasteiger charge is -2.17. The van der Waals surface area contributed by atoms with Crippen LogP contribution in [-0.2, 0) is 4.79 Å². The van der Waals surface area contributed by atoms with Gasteiger partial charge >= 0.3 is 6.03 Å². The summed E-state index contributed by atoms with van der Waals surface area (Å²) in [7, 11) is 0. The number of urea groups is 1. The van der Waals surface area contributed by atoms with Crippen LogP contribution in [0.2, 0.25) is 0 Å². The van der Waals surface area contributed by atoms with Gasteiger partial charge < -0.3 is 16.0 Å². The molecular formula is C21H21N7O2. The molecular weight excluding hydrogens is 382 g/mol. The summed E-state index contributed by atoms with van der Waals surface area (Å²) in [5, 5.41) is 16.1. The molecule has 1 saturated carbocycles. The van der Waals surface area contributed by atoms with Crippen molar-refractivity contribution in [2.75, 3.05) is 10.6 Å². The predicted molar refractivity (Wildman–Crippen MR) is 113 cm³/mol. The van der Waals surface area contributed by atoms with Crippen LogP contribution < -0.4 is 21.3 Å². The zero-order valence-electron chi connectivity index (χ0n) is 16.3. The normalized spacial score (nSPS) is 18.4. The summed E-state index contributed by atoms with van der Waals surface area (Å²) >= 11 is 0. The number of benzene rings is 1. The van der Waals surface area contributed by atoms with Gasteiger partial charge in [-0.15, -0.1) is 0 Å². The lowest BCUT2D eigenvalue weighted by Crippen LogP contribution is -2.22. The molecule has 3 aromatic rings. The van der Waals surface area contributed by atoms with Crippen molar-refractivity contribution in [2.24, 2.45) is 0 Å². The second-order valence-electron chi connectivity index (χ2n) is 7.52. The molecule has 2 aliphatic rings. The van der Waals surface area contributed by atoms with Gasteiger partial charge in [0.15, 0.2) is 5.65 Å². The number of nitrogens with zero attached hydrogens (tertiary/aromatic N) is 3. The van der Waals surface area contributed by atoms with E-state index in [1.807, 2.05) is 24.3 Å². The van der Waals surface area contributed by atoms with E-state index < -0.39 is 11.9 Å². The Morgan fingerprint density at radius 2 is 2.00 bits per heavy atom. The molecule has 152 valence electrons. The Morgan fingerprint density at radius 3 is 2.70 bits per heavy atom. The van der Waals surface area contributed by atoms with E-state index in [0.717, 1.165) is 24.2 Å². The highest BCUT2D eigenvalue weighted by Gasteiger charge is 2.25. The zero-order chi connectivity index (χ0) is 20.7. The average Bonchev–Trinajstić information content (AvgIpc) is 3.37. The molecule has 1 atom stereocenters. The molecule has 30 heavy (non-hydrogen) atoms. The van der Waals surface area contributed by atoms with Crippen LogP contribution in [0.15, 0.2) is 48.3 Å². The fraction of sp³-hybridized carbons (Fsp3) is 0.238. The van der Waals surface area contributed by atoms with Crippen molar-refractivity contribution in [1.29, 1.82) is 0 Å². The highest BCUT2D eigenvalue weighted by Crippen LogP contribution is 2.28. The summed E-state index contributed by atoms with van der Waals surface area (Å²) in [5.74, 6) is 1.06. The molecule has 2 fully saturated rings. The van der Waals surface area contributed by atoms with Crippen molar-refractivity contribution in [1.82, 2.24) is 25.2 Å². The Balaban J connectivity index is 1.53. The Morgan fingerprint density at radius 1 is 1.20 bits per heavy atom. The first-order valence-corrected chi connectivity index (χ1v) is 9.87. The molecule has 3 heterocycles. The minimum atomic E-state index is -0.536. The highest BCUT2D eigenvalue weighted by molar-refractivity contribution is 6.14. The summed E-state index contributed by atoms with van der Waals surface area (Å²) in [6.45, 7) is 2.08. The van der Waals surface area contributed by atoms with E-state index in [9.17, 15) is 9.59 Å². The van der Waals surface area contributed by atoms with Gasteiger partial charge in [-0.25, -0.2) is 9.78 Å². The first-order chi connectivity index (χ1) is 14.6. The number of aromatic nitrogens is 3. The number of hydrogen-bond acceptors (Lipinski definition) is 6. The molecule has 1 aromatic carbocycles. The third kappa shape index (κ3) is 3.57. The minimum Gasteiger partial charge on any atom is -0.367 e. The maximum Gasteiger partial charge on any atom is 0.326 e. The van der Waals surface area contributed by atoms with Crippen LogP contribution in [0, 0.1) is 0 Å². The Labute approximate surface area is 172 Å². The number of nitrogens with one attached hydrogen (secondary N) is 4. The van der Waals surface area contributed by atoms with Gasteiger partial charge in [0, 0.05) is 23.7 Å². The van der Waals surface area contributed by atoms with Crippen LogP contribution in [0.4, 0.5) is 16.4 Å². The van der Waals surface area contributed by atoms with Crippen molar-refractivity contribution in [2.45, 2.75) is 31.8 Å². The summed E-state index contributed by atoms with van der Waals surface area (Å²) in [4.78, 5) is 28.0. The molecule has 4 N–H and O–H groups in total. The van der Waals surface area contributed by atoms with Gasteiger partial charge in [-0.2, -0.15) is 9.61 Å². The maximum absolute atomic E-state index is 11.9. The van der Waals surface area contributed by atoms with Crippen LogP contribution in [-0.4, -0.2) is 32.6 Å². The first kappa shape index (κ1) is 18.2. The highest BCUT2D eigenvalue weighted by atomic mass is 16.2. The number of anilines is 2. The summed E-state index contributed by atoms with van der Waals surface area (Å²) in [6.07, 6.45) is 5.46. The second-order valence-corrected chi connectivity index (χ2v) is 7.52. The molecule has 0 spiro atoms. The van der Waals surface area contributed by atoms with Crippen LogP contribution in [0.5, 0.6) is 0 Å². The van der Waals surface area contributed by atoms with Crippen molar-refractivity contribution in [3.63, 3.8) is 0 Å². The molecule has 2 aromatic heterocycles.